The molecule has 9 nitrogen and oxygen atoms in total. The molecule has 1 atom stereocenters. The number of halogens is 3. The van der Waals surface area contributed by atoms with Crippen molar-refractivity contribution in [1.29, 1.82) is 5.26 Å². The number of aliphatic hydroxyl groups is 1. The van der Waals surface area contributed by atoms with Crippen LogP contribution in [-0.2, 0) is 11.0 Å². The molecule has 2 heterocycles. The van der Waals surface area contributed by atoms with Crippen LogP contribution in [0.5, 0.6) is 0 Å². The Bertz CT molecular complexity index is 1280. The van der Waals surface area contributed by atoms with Crippen LogP contribution in [0.15, 0.2) is 59.8 Å². The number of nitrogens with zero attached hydrogens (tertiary/aromatic N) is 3. The zero-order valence-electron chi connectivity index (χ0n) is 18.7. The van der Waals surface area contributed by atoms with E-state index in [0.29, 0.717) is 11.1 Å². The van der Waals surface area contributed by atoms with E-state index in [-0.39, 0.29) is 36.5 Å². The summed E-state index contributed by atoms with van der Waals surface area (Å²) in [6.45, 7) is -0.497. The third-order valence-electron chi connectivity index (χ3n) is 5.80. The second-order valence-corrected chi connectivity index (χ2v) is 7.99. The molecule has 2 aliphatic rings. The number of nitrogens with one attached hydrogen (secondary N) is 2. The molecule has 36 heavy (non-hydrogen) atoms. The van der Waals surface area contributed by atoms with E-state index in [4.69, 9.17) is 10.4 Å². The van der Waals surface area contributed by atoms with E-state index >= 15 is 0 Å². The Morgan fingerprint density at radius 1 is 1.19 bits per heavy atom. The number of rotatable bonds is 4. The van der Waals surface area contributed by atoms with Crippen molar-refractivity contribution in [1.82, 2.24) is 15.5 Å². The Morgan fingerprint density at radius 3 is 2.56 bits per heavy atom. The van der Waals surface area contributed by atoms with Crippen LogP contribution < -0.4 is 15.5 Å². The van der Waals surface area contributed by atoms with E-state index in [1.165, 1.54) is 30.3 Å². The smallest absolute Gasteiger partial charge is 0.395 e. The molecular formula is C24H20F3N5O4. The van der Waals surface area contributed by atoms with E-state index in [1.807, 2.05) is 6.07 Å². The number of carbonyl (C=O) groups is 3. The number of hydrogen-bond acceptors (Lipinski definition) is 5. The molecule has 4 rings (SSSR count). The van der Waals surface area contributed by atoms with Crippen molar-refractivity contribution in [2.75, 3.05) is 24.6 Å². The fourth-order valence-electron chi connectivity index (χ4n) is 4.23. The summed E-state index contributed by atoms with van der Waals surface area (Å²) in [5.74, 6) is -0.588. The highest BCUT2D eigenvalue weighted by Gasteiger charge is 2.47. The van der Waals surface area contributed by atoms with Gasteiger partial charge in [0, 0.05) is 25.2 Å². The highest BCUT2D eigenvalue weighted by molar-refractivity contribution is 6.11. The Hall–Kier alpha value is -4.37. The van der Waals surface area contributed by atoms with Gasteiger partial charge in [-0.2, -0.15) is 18.4 Å². The fourth-order valence-corrected chi connectivity index (χ4v) is 4.23. The summed E-state index contributed by atoms with van der Waals surface area (Å²) in [5.41, 5.74) is -0.318. The van der Waals surface area contributed by atoms with Gasteiger partial charge in [0.15, 0.2) is 0 Å². The van der Waals surface area contributed by atoms with Crippen LogP contribution in [0.1, 0.15) is 29.2 Å². The van der Waals surface area contributed by atoms with Crippen molar-refractivity contribution >= 4 is 23.7 Å². The summed E-state index contributed by atoms with van der Waals surface area (Å²) in [5, 5.41) is 23.3. The lowest BCUT2D eigenvalue weighted by Gasteiger charge is -2.44. The van der Waals surface area contributed by atoms with Crippen molar-refractivity contribution in [3.63, 3.8) is 0 Å². The molecule has 186 valence electrons. The molecule has 0 aliphatic carbocycles. The molecule has 2 aromatic rings. The molecule has 2 aliphatic heterocycles. The standard InChI is InChI=1S/C24H20F3N5O4/c25-24(26,27)16-2-1-3-17(12-16)31-18-8-9-29-21(34)19(18)20(15-6-4-14(13-28)5-7-15)32(23(31)36)22(35)30-10-11-33/h1-7,12,20,33H,8-11H2,(H,29,34)(H,30,35). The van der Waals surface area contributed by atoms with Gasteiger partial charge < -0.3 is 15.7 Å². The summed E-state index contributed by atoms with van der Waals surface area (Å²) in [7, 11) is 0. The Morgan fingerprint density at radius 2 is 1.92 bits per heavy atom. The lowest BCUT2D eigenvalue weighted by molar-refractivity contribution is -0.137. The molecule has 0 fully saturated rings. The fraction of sp³-hybridized carbons (Fsp3) is 0.250. The van der Waals surface area contributed by atoms with E-state index in [1.54, 1.807) is 0 Å². The number of urea groups is 2. The van der Waals surface area contributed by atoms with E-state index in [9.17, 15) is 27.6 Å². The molecule has 0 radical (unpaired) electrons. The number of benzene rings is 2. The maximum atomic E-state index is 13.8. The van der Waals surface area contributed by atoms with Gasteiger partial charge in [-0.15, -0.1) is 0 Å². The quantitative estimate of drug-likeness (QED) is 0.596. The normalized spacial score (nSPS) is 17.9. The summed E-state index contributed by atoms with van der Waals surface area (Å²) >= 11 is 0. The van der Waals surface area contributed by atoms with Gasteiger partial charge in [-0.3, -0.25) is 9.69 Å². The summed E-state index contributed by atoms with van der Waals surface area (Å²) in [4.78, 5) is 41.7. The molecule has 0 bridgehead atoms. The first-order valence-corrected chi connectivity index (χ1v) is 10.9. The number of alkyl halides is 3. The van der Waals surface area contributed by atoms with E-state index in [0.717, 1.165) is 28.0 Å². The van der Waals surface area contributed by atoms with E-state index < -0.39 is 42.4 Å². The molecule has 0 saturated carbocycles. The third-order valence-corrected chi connectivity index (χ3v) is 5.80. The Kier molecular flexibility index (Phi) is 6.67. The zero-order chi connectivity index (χ0) is 26.0. The molecular weight excluding hydrogens is 479 g/mol. The Labute approximate surface area is 203 Å². The van der Waals surface area contributed by atoms with Gasteiger partial charge in [0.05, 0.1) is 35.1 Å². The first kappa shape index (κ1) is 24.7. The highest BCUT2D eigenvalue weighted by atomic mass is 19.4. The first-order valence-electron chi connectivity index (χ1n) is 10.9. The summed E-state index contributed by atoms with van der Waals surface area (Å²) < 4.78 is 40.2. The highest BCUT2D eigenvalue weighted by Crippen LogP contribution is 2.42. The average molecular weight is 499 g/mol. The predicted octanol–water partition coefficient (Wildman–Crippen LogP) is 3.04. The zero-order valence-corrected chi connectivity index (χ0v) is 18.7. The van der Waals surface area contributed by atoms with Crippen molar-refractivity contribution in [2.24, 2.45) is 0 Å². The number of aliphatic hydroxyl groups excluding tert-OH is 1. The van der Waals surface area contributed by atoms with Gasteiger partial charge in [0.25, 0.3) is 5.91 Å². The number of nitriles is 1. The SMILES string of the molecule is N#Cc1ccc(C2C3=C(CCNC3=O)N(c3cccc(C(F)(F)F)c3)C(=O)N2C(=O)NCCO)cc1. The largest absolute Gasteiger partial charge is 0.416 e. The maximum absolute atomic E-state index is 13.8. The molecule has 2 aromatic carbocycles. The number of anilines is 1. The number of carbonyl (C=O) groups excluding carboxylic acids is 3. The van der Waals surface area contributed by atoms with Crippen LogP contribution in [0.25, 0.3) is 0 Å². The number of imide groups is 1. The molecule has 1 unspecified atom stereocenters. The van der Waals surface area contributed by atoms with E-state index in [2.05, 4.69) is 10.6 Å². The van der Waals surface area contributed by atoms with Gasteiger partial charge in [-0.05, 0) is 35.9 Å². The number of amides is 5. The minimum atomic E-state index is -4.68. The number of hydrogen-bond donors (Lipinski definition) is 3. The van der Waals surface area contributed by atoms with Crippen molar-refractivity contribution in [2.45, 2.75) is 18.6 Å². The van der Waals surface area contributed by atoms with Crippen LogP contribution >= 0.6 is 0 Å². The first-order chi connectivity index (χ1) is 17.2. The average Bonchev–Trinajstić information content (AvgIpc) is 2.86. The predicted molar refractivity (Wildman–Crippen MR) is 120 cm³/mol. The van der Waals surface area contributed by atoms with Gasteiger partial charge in [-0.1, -0.05) is 18.2 Å². The Balaban J connectivity index is 1.94. The van der Waals surface area contributed by atoms with Crippen LogP contribution in [0.4, 0.5) is 28.4 Å². The molecule has 12 heteroatoms. The van der Waals surface area contributed by atoms with Crippen LogP contribution in [0.3, 0.4) is 0 Å². The van der Waals surface area contributed by atoms with Crippen LogP contribution in [0.2, 0.25) is 0 Å². The van der Waals surface area contributed by atoms with Crippen molar-refractivity contribution in [3.05, 3.63) is 76.5 Å². The third kappa shape index (κ3) is 4.48. The van der Waals surface area contributed by atoms with Crippen molar-refractivity contribution < 1.29 is 32.7 Å². The second kappa shape index (κ2) is 9.71. The van der Waals surface area contributed by atoms with Gasteiger partial charge in [0.1, 0.15) is 6.04 Å². The lowest BCUT2D eigenvalue weighted by atomic mass is 9.89. The molecule has 0 saturated heterocycles. The summed E-state index contributed by atoms with van der Waals surface area (Å²) in [6, 6.07) is 8.79. The molecule has 0 aromatic heterocycles. The molecule has 5 amide bonds. The topological polar surface area (TPSA) is 126 Å². The monoisotopic (exact) mass is 499 g/mol. The molecule has 3 N–H and O–H groups in total. The van der Waals surface area contributed by atoms with Crippen LogP contribution in [0, 0.1) is 11.3 Å². The molecule has 0 spiro atoms. The second-order valence-electron chi connectivity index (χ2n) is 7.99. The maximum Gasteiger partial charge on any atom is 0.416 e. The van der Waals surface area contributed by atoms with Gasteiger partial charge in [-0.25, -0.2) is 14.5 Å². The minimum absolute atomic E-state index is 0.0158. The minimum Gasteiger partial charge on any atom is -0.395 e. The summed E-state index contributed by atoms with van der Waals surface area (Å²) in [6.07, 6.45) is -4.55. The van der Waals surface area contributed by atoms with Crippen LogP contribution in [-0.4, -0.2) is 47.7 Å². The lowest BCUT2D eigenvalue weighted by Crippen LogP contribution is -2.58. The van der Waals surface area contributed by atoms with Crippen molar-refractivity contribution in [3.8, 4) is 6.07 Å². The van der Waals surface area contributed by atoms with Gasteiger partial charge in [0.2, 0.25) is 0 Å². The van der Waals surface area contributed by atoms with Gasteiger partial charge >= 0.3 is 18.2 Å².